The predicted octanol–water partition coefficient (Wildman–Crippen LogP) is 3.62. The van der Waals surface area contributed by atoms with Gasteiger partial charge in [-0.25, -0.2) is 12.8 Å². The lowest BCUT2D eigenvalue weighted by atomic mass is 10.2. The van der Waals surface area contributed by atoms with E-state index in [2.05, 4.69) is 10.0 Å². The number of nitrogens with one attached hydrogen (secondary N) is 2. The largest absolute Gasteiger partial charge is 0.348 e. The van der Waals surface area contributed by atoms with E-state index in [0.29, 0.717) is 11.3 Å². The SMILES string of the molecule is O=C(NCc1ccc(F)cc1)c1ccc(NS(=O)(=O)c2cccs2)cc1. The number of thiophene rings is 1. The van der Waals surface area contributed by atoms with Gasteiger partial charge in [-0.2, -0.15) is 0 Å². The van der Waals surface area contributed by atoms with E-state index in [4.69, 9.17) is 0 Å². The molecule has 3 aromatic rings. The van der Waals surface area contributed by atoms with E-state index in [1.807, 2.05) is 0 Å². The van der Waals surface area contributed by atoms with Gasteiger partial charge in [-0.1, -0.05) is 18.2 Å². The molecule has 0 bridgehead atoms. The van der Waals surface area contributed by atoms with E-state index in [1.54, 1.807) is 23.6 Å². The van der Waals surface area contributed by atoms with Crippen LogP contribution in [0.1, 0.15) is 15.9 Å². The van der Waals surface area contributed by atoms with E-state index in [9.17, 15) is 17.6 Å². The maximum absolute atomic E-state index is 12.9. The molecule has 0 atom stereocenters. The van der Waals surface area contributed by atoms with Gasteiger partial charge in [-0.05, 0) is 53.4 Å². The van der Waals surface area contributed by atoms with E-state index in [-0.39, 0.29) is 22.5 Å². The highest BCUT2D eigenvalue weighted by molar-refractivity contribution is 7.94. The number of amides is 1. The van der Waals surface area contributed by atoms with E-state index >= 15 is 0 Å². The summed E-state index contributed by atoms with van der Waals surface area (Å²) >= 11 is 1.12. The minimum Gasteiger partial charge on any atom is -0.348 e. The van der Waals surface area contributed by atoms with Gasteiger partial charge in [0, 0.05) is 17.8 Å². The van der Waals surface area contributed by atoms with Crippen LogP contribution in [0.2, 0.25) is 0 Å². The zero-order chi connectivity index (χ0) is 18.6. The molecule has 0 saturated heterocycles. The van der Waals surface area contributed by atoms with Crippen LogP contribution < -0.4 is 10.0 Å². The molecule has 134 valence electrons. The Labute approximate surface area is 154 Å². The van der Waals surface area contributed by atoms with Crippen LogP contribution in [0.25, 0.3) is 0 Å². The Morgan fingerprint density at radius 3 is 2.31 bits per heavy atom. The number of halogens is 1. The Balaban J connectivity index is 1.61. The number of rotatable bonds is 6. The van der Waals surface area contributed by atoms with Crippen molar-refractivity contribution in [2.75, 3.05) is 4.72 Å². The molecule has 2 N–H and O–H groups in total. The van der Waals surface area contributed by atoms with Crippen LogP contribution >= 0.6 is 11.3 Å². The monoisotopic (exact) mass is 390 g/mol. The first-order valence-corrected chi connectivity index (χ1v) is 9.99. The summed E-state index contributed by atoms with van der Waals surface area (Å²) in [6.45, 7) is 0.270. The molecule has 0 radical (unpaired) electrons. The third-order valence-corrected chi connectivity index (χ3v) is 6.30. The second kappa shape index (κ2) is 7.67. The van der Waals surface area contributed by atoms with Gasteiger partial charge in [-0.3, -0.25) is 9.52 Å². The van der Waals surface area contributed by atoms with Gasteiger partial charge in [0.05, 0.1) is 0 Å². The van der Waals surface area contributed by atoms with Crippen molar-refractivity contribution < 1.29 is 17.6 Å². The lowest BCUT2D eigenvalue weighted by Crippen LogP contribution is -2.22. The Hall–Kier alpha value is -2.71. The summed E-state index contributed by atoms with van der Waals surface area (Å²) in [6, 6.07) is 15.1. The van der Waals surface area contributed by atoms with Crippen LogP contribution in [-0.4, -0.2) is 14.3 Å². The van der Waals surface area contributed by atoms with Crippen LogP contribution in [0.3, 0.4) is 0 Å². The topological polar surface area (TPSA) is 75.3 Å². The number of hydrogen-bond donors (Lipinski definition) is 2. The molecule has 1 heterocycles. The fraction of sp³-hybridized carbons (Fsp3) is 0.0556. The zero-order valence-electron chi connectivity index (χ0n) is 13.5. The molecule has 0 unspecified atom stereocenters. The highest BCUT2D eigenvalue weighted by Crippen LogP contribution is 2.20. The highest BCUT2D eigenvalue weighted by Gasteiger charge is 2.15. The number of hydrogen-bond acceptors (Lipinski definition) is 4. The molecule has 0 aliphatic carbocycles. The fourth-order valence-electron chi connectivity index (χ4n) is 2.20. The van der Waals surface area contributed by atoms with Gasteiger partial charge in [-0.15, -0.1) is 11.3 Å². The summed E-state index contributed by atoms with van der Waals surface area (Å²) in [6.07, 6.45) is 0. The van der Waals surface area contributed by atoms with Crippen molar-refractivity contribution in [3.63, 3.8) is 0 Å². The molecule has 0 aliphatic rings. The Kier molecular flexibility index (Phi) is 5.34. The Morgan fingerprint density at radius 1 is 1.00 bits per heavy atom. The molecule has 1 aromatic heterocycles. The molecule has 0 fully saturated rings. The minimum atomic E-state index is -3.62. The number of sulfonamides is 1. The van der Waals surface area contributed by atoms with Crippen molar-refractivity contribution in [2.24, 2.45) is 0 Å². The second-order valence-corrected chi connectivity index (χ2v) is 8.28. The van der Waals surface area contributed by atoms with E-state index in [0.717, 1.165) is 16.9 Å². The number of benzene rings is 2. The third-order valence-electron chi connectivity index (χ3n) is 3.53. The fourth-order valence-corrected chi connectivity index (χ4v) is 4.25. The van der Waals surface area contributed by atoms with Crippen molar-refractivity contribution in [3.05, 3.63) is 83.0 Å². The summed E-state index contributed by atoms with van der Waals surface area (Å²) in [5.41, 5.74) is 1.54. The van der Waals surface area contributed by atoms with Gasteiger partial charge in [0.15, 0.2) is 0 Å². The molecular weight excluding hydrogens is 375 g/mol. The maximum Gasteiger partial charge on any atom is 0.271 e. The predicted molar refractivity (Wildman–Crippen MR) is 99.1 cm³/mol. The summed E-state index contributed by atoms with van der Waals surface area (Å²) in [7, 11) is -3.62. The first-order chi connectivity index (χ1) is 12.4. The van der Waals surface area contributed by atoms with Crippen molar-refractivity contribution in [3.8, 4) is 0 Å². The minimum absolute atomic E-state index is 0.221. The van der Waals surface area contributed by atoms with Gasteiger partial charge < -0.3 is 5.32 Å². The van der Waals surface area contributed by atoms with Crippen molar-refractivity contribution in [2.45, 2.75) is 10.8 Å². The van der Waals surface area contributed by atoms with Crippen LogP contribution in [0.15, 0.2) is 70.3 Å². The zero-order valence-corrected chi connectivity index (χ0v) is 15.1. The van der Waals surface area contributed by atoms with Crippen LogP contribution in [0.5, 0.6) is 0 Å². The van der Waals surface area contributed by atoms with Gasteiger partial charge in [0.2, 0.25) is 0 Å². The molecule has 0 spiro atoms. The molecule has 3 rings (SSSR count). The second-order valence-electron chi connectivity index (χ2n) is 5.42. The van der Waals surface area contributed by atoms with Crippen LogP contribution in [0.4, 0.5) is 10.1 Å². The quantitative estimate of drug-likeness (QED) is 0.675. The van der Waals surface area contributed by atoms with Crippen molar-refractivity contribution >= 4 is 33.0 Å². The van der Waals surface area contributed by atoms with Crippen molar-refractivity contribution in [1.29, 1.82) is 0 Å². The van der Waals surface area contributed by atoms with E-state index in [1.165, 1.54) is 42.5 Å². The maximum atomic E-state index is 12.9. The summed E-state index contributed by atoms with van der Waals surface area (Å²) in [5.74, 6) is -0.636. The summed E-state index contributed by atoms with van der Waals surface area (Å²) in [4.78, 5) is 12.1. The number of carbonyl (C=O) groups is 1. The average molecular weight is 390 g/mol. The van der Waals surface area contributed by atoms with Gasteiger partial charge in [0.1, 0.15) is 10.0 Å². The molecule has 0 saturated carbocycles. The third kappa shape index (κ3) is 4.47. The summed E-state index contributed by atoms with van der Waals surface area (Å²) in [5, 5.41) is 4.41. The van der Waals surface area contributed by atoms with Crippen molar-refractivity contribution in [1.82, 2.24) is 5.32 Å². The van der Waals surface area contributed by atoms with Gasteiger partial charge in [0.25, 0.3) is 15.9 Å². The molecular formula is C18H15FN2O3S2. The Morgan fingerprint density at radius 2 is 1.69 bits per heavy atom. The first-order valence-electron chi connectivity index (χ1n) is 7.63. The average Bonchev–Trinajstić information content (AvgIpc) is 3.17. The molecule has 1 amide bonds. The number of carbonyl (C=O) groups excluding carboxylic acids is 1. The number of anilines is 1. The molecule has 8 heteroatoms. The molecule has 26 heavy (non-hydrogen) atoms. The Bertz CT molecular complexity index is 984. The van der Waals surface area contributed by atoms with E-state index < -0.39 is 10.0 Å². The smallest absolute Gasteiger partial charge is 0.271 e. The van der Waals surface area contributed by atoms with Crippen LogP contribution in [-0.2, 0) is 16.6 Å². The highest BCUT2D eigenvalue weighted by atomic mass is 32.2. The lowest BCUT2D eigenvalue weighted by molar-refractivity contribution is 0.0951. The van der Waals surface area contributed by atoms with Crippen LogP contribution in [0, 0.1) is 5.82 Å². The molecule has 5 nitrogen and oxygen atoms in total. The normalized spacial score (nSPS) is 11.1. The summed E-state index contributed by atoms with van der Waals surface area (Å²) < 4.78 is 39.9. The standard InChI is InChI=1S/C18H15FN2O3S2/c19-15-7-3-13(4-8-15)12-20-18(22)14-5-9-16(10-6-14)21-26(23,24)17-2-1-11-25-17/h1-11,21H,12H2,(H,20,22). The van der Waals surface area contributed by atoms with Gasteiger partial charge >= 0.3 is 0 Å². The lowest BCUT2D eigenvalue weighted by Gasteiger charge is -2.08. The molecule has 0 aliphatic heterocycles. The first kappa shape index (κ1) is 18.1. The molecule has 2 aromatic carbocycles.